The fraction of sp³-hybridized carbons (Fsp3) is 0.467. The van der Waals surface area contributed by atoms with Crippen LogP contribution in [-0.2, 0) is 6.54 Å². The smallest absolute Gasteiger partial charge is 0.262 e. The van der Waals surface area contributed by atoms with Gasteiger partial charge in [-0.05, 0) is 37.9 Å². The number of hydrogen-bond donors (Lipinski definition) is 2. The average Bonchev–Trinajstić information content (AvgIpc) is 2.47. The number of nitrogens with zero attached hydrogens (tertiary/aromatic N) is 2. The van der Waals surface area contributed by atoms with Gasteiger partial charge in [0.25, 0.3) is 5.56 Å². The zero-order valence-electron chi connectivity index (χ0n) is 11.7. The van der Waals surface area contributed by atoms with Gasteiger partial charge < -0.3 is 11.1 Å². The molecule has 1 aliphatic rings. The molecule has 2 heterocycles. The third-order valence-electron chi connectivity index (χ3n) is 4.05. The van der Waals surface area contributed by atoms with Crippen molar-refractivity contribution in [3.8, 4) is 0 Å². The molecular formula is C15H20N4O. The van der Waals surface area contributed by atoms with Crippen LogP contribution in [-0.4, -0.2) is 22.6 Å². The predicted molar refractivity (Wildman–Crippen MR) is 79.8 cm³/mol. The zero-order chi connectivity index (χ0) is 14.1. The van der Waals surface area contributed by atoms with Crippen LogP contribution in [0.4, 0.5) is 0 Å². The van der Waals surface area contributed by atoms with Gasteiger partial charge >= 0.3 is 0 Å². The average molecular weight is 272 g/mol. The molecule has 3 N–H and O–H groups in total. The monoisotopic (exact) mass is 272 g/mol. The number of aryl methyl sites for hydroxylation is 1. The van der Waals surface area contributed by atoms with Crippen molar-refractivity contribution in [3.05, 3.63) is 39.9 Å². The molecule has 0 spiro atoms. The van der Waals surface area contributed by atoms with Crippen molar-refractivity contribution in [2.75, 3.05) is 13.1 Å². The molecule has 2 aromatic rings. The van der Waals surface area contributed by atoms with Gasteiger partial charge in [-0.25, -0.2) is 4.98 Å². The first-order chi connectivity index (χ1) is 9.72. The maximum atomic E-state index is 12.9. The predicted octanol–water partition coefficient (Wildman–Crippen LogP) is 1.09. The van der Waals surface area contributed by atoms with E-state index in [-0.39, 0.29) is 11.6 Å². The maximum Gasteiger partial charge on any atom is 0.262 e. The minimum Gasteiger partial charge on any atom is -0.326 e. The van der Waals surface area contributed by atoms with E-state index in [1.807, 2.05) is 29.7 Å². The van der Waals surface area contributed by atoms with Gasteiger partial charge in [0.15, 0.2) is 0 Å². The van der Waals surface area contributed by atoms with Gasteiger partial charge in [-0.15, -0.1) is 0 Å². The molecule has 1 unspecified atom stereocenters. The van der Waals surface area contributed by atoms with Crippen LogP contribution in [0.25, 0.3) is 10.9 Å². The lowest BCUT2D eigenvalue weighted by Gasteiger charge is -2.26. The minimum absolute atomic E-state index is 0.0438. The highest BCUT2D eigenvalue weighted by molar-refractivity contribution is 5.81. The topological polar surface area (TPSA) is 72.9 Å². The van der Waals surface area contributed by atoms with Crippen LogP contribution in [0.5, 0.6) is 0 Å². The summed E-state index contributed by atoms with van der Waals surface area (Å²) in [6.07, 6.45) is 2.11. The van der Waals surface area contributed by atoms with Gasteiger partial charge in [0, 0.05) is 13.1 Å². The molecule has 0 aliphatic carbocycles. The Morgan fingerprint density at radius 2 is 2.35 bits per heavy atom. The fourth-order valence-electron chi connectivity index (χ4n) is 3.08. The van der Waals surface area contributed by atoms with Crippen molar-refractivity contribution >= 4 is 10.9 Å². The van der Waals surface area contributed by atoms with Crippen LogP contribution in [0.15, 0.2) is 23.0 Å². The molecule has 1 fully saturated rings. The number of nitrogens with one attached hydrogen (secondary N) is 1. The number of benzene rings is 1. The first-order valence-electron chi connectivity index (χ1n) is 7.14. The highest BCUT2D eigenvalue weighted by Gasteiger charge is 2.20. The van der Waals surface area contributed by atoms with Crippen LogP contribution >= 0.6 is 0 Å². The van der Waals surface area contributed by atoms with Gasteiger partial charge in [0.1, 0.15) is 5.82 Å². The molecule has 1 aromatic heterocycles. The van der Waals surface area contributed by atoms with E-state index in [0.717, 1.165) is 42.8 Å². The van der Waals surface area contributed by atoms with Gasteiger partial charge in [-0.3, -0.25) is 9.36 Å². The molecule has 0 amide bonds. The number of aromatic nitrogens is 2. The van der Waals surface area contributed by atoms with Crippen molar-refractivity contribution in [1.82, 2.24) is 14.9 Å². The van der Waals surface area contributed by atoms with Crippen molar-refractivity contribution in [2.45, 2.75) is 32.4 Å². The SMILES string of the molecule is Cc1nc2cccc(CN)c2c(=O)n1C1CCCNC1. The van der Waals surface area contributed by atoms with E-state index in [1.54, 1.807) is 0 Å². The maximum absolute atomic E-state index is 12.9. The molecule has 5 heteroatoms. The quantitative estimate of drug-likeness (QED) is 0.858. The van der Waals surface area contributed by atoms with Gasteiger partial charge in [-0.2, -0.15) is 0 Å². The zero-order valence-corrected chi connectivity index (χ0v) is 11.7. The van der Waals surface area contributed by atoms with E-state index in [0.29, 0.717) is 11.9 Å². The van der Waals surface area contributed by atoms with Crippen LogP contribution < -0.4 is 16.6 Å². The second-order valence-corrected chi connectivity index (χ2v) is 5.35. The lowest BCUT2D eigenvalue weighted by molar-refractivity contribution is 0.357. The van der Waals surface area contributed by atoms with E-state index in [9.17, 15) is 4.79 Å². The number of fused-ring (bicyclic) bond motifs is 1. The van der Waals surface area contributed by atoms with E-state index in [2.05, 4.69) is 10.3 Å². The normalized spacial score (nSPS) is 19.4. The second kappa shape index (κ2) is 5.34. The summed E-state index contributed by atoms with van der Waals surface area (Å²) in [4.78, 5) is 17.5. The van der Waals surface area contributed by atoms with Crippen molar-refractivity contribution < 1.29 is 0 Å². The van der Waals surface area contributed by atoms with E-state index in [1.165, 1.54) is 0 Å². The Hall–Kier alpha value is -1.72. The lowest BCUT2D eigenvalue weighted by Crippen LogP contribution is -2.38. The molecule has 0 saturated carbocycles. The summed E-state index contributed by atoms with van der Waals surface area (Å²) in [7, 11) is 0. The van der Waals surface area contributed by atoms with Crippen molar-refractivity contribution in [2.24, 2.45) is 5.73 Å². The Morgan fingerprint density at radius 1 is 1.50 bits per heavy atom. The number of nitrogens with two attached hydrogens (primary N) is 1. The molecule has 106 valence electrons. The molecule has 1 saturated heterocycles. The Labute approximate surface area is 117 Å². The molecular weight excluding hydrogens is 252 g/mol. The number of piperidine rings is 1. The standard InChI is InChI=1S/C15H20N4O/c1-10-18-13-6-2-4-11(8-16)14(13)15(20)19(10)12-5-3-7-17-9-12/h2,4,6,12,17H,3,5,7-9,16H2,1H3. The first kappa shape index (κ1) is 13.3. The third kappa shape index (κ3) is 2.13. The molecule has 1 aromatic carbocycles. The molecule has 5 nitrogen and oxygen atoms in total. The van der Waals surface area contributed by atoms with Crippen molar-refractivity contribution in [1.29, 1.82) is 0 Å². The minimum atomic E-state index is 0.0438. The Morgan fingerprint density at radius 3 is 3.05 bits per heavy atom. The molecule has 0 bridgehead atoms. The summed E-state index contributed by atoms with van der Waals surface area (Å²) in [5.41, 5.74) is 7.43. The fourth-order valence-corrected chi connectivity index (χ4v) is 3.08. The Kier molecular flexibility index (Phi) is 3.54. The molecule has 1 atom stereocenters. The van der Waals surface area contributed by atoms with Crippen LogP contribution in [0.3, 0.4) is 0 Å². The van der Waals surface area contributed by atoms with E-state index in [4.69, 9.17) is 5.73 Å². The lowest BCUT2D eigenvalue weighted by atomic mass is 10.1. The second-order valence-electron chi connectivity index (χ2n) is 5.35. The van der Waals surface area contributed by atoms with E-state index >= 15 is 0 Å². The molecule has 20 heavy (non-hydrogen) atoms. The Balaban J connectivity index is 2.24. The van der Waals surface area contributed by atoms with Gasteiger partial charge in [0.05, 0.1) is 16.9 Å². The summed E-state index contributed by atoms with van der Waals surface area (Å²) < 4.78 is 1.84. The largest absolute Gasteiger partial charge is 0.326 e. The summed E-state index contributed by atoms with van der Waals surface area (Å²) >= 11 is 0. The molecule has 3 rings (SSSR count). The summed E-state index contributed by atoms with van der Waals surface area (Å²) in [5, 5.41) is 4.02. The summed E-state index contributed by atoms with van der Waals surface area (Å²) in [6, 6.07) is 5.89. The van der Waals surface area contributed by atoms with Gasteiger partial charge in [0.2, 0.25) is 0 Å². The summed E-state index contributed by atoms with van der Waals surface area (Å²) in [6.45, 7) is 4.13. The van der Waals surface area contributed by atoms with Crippen LogP contribution in [0.2, 0.25) is 0 Å². The molecule has 0 radical (unpaired) electrons. The van der Waals surface area contributed by atoms with Crippen LogP contribution in [0, 0.1) is 6.92 Å². The Bertz CT molecular complexity index is 686. The number of hydrogen-bond acceptors (Lipinski definition) is 4. The molecule has 1 aliphatic heterocycles. The first-order valence-corrected chi connectivity index (χ1v) is 7.14. The van der Waals surface area contributed by atoms with Gasteiger partial charge in [-0.1, -0.05) is 12.1 Å². The third-order valence-corrected chi connectivity index (χ3v) is 4.05. The highest BCUT2D eigenvalue weighted by atomic mass is 16.1. The highest BCUT2D eigenvalue weighted by Crippen LogP contribution is 2.19. The summed E-state index contributed by atoms with van der Waals surface area (Å²) in [5.74, 6) is 0.783. The van der Waals surface area contributed by atoms with Crippen LogP contribution in [0.1, 0.15) is 30.3 Å². The number of rotatable bonds is 2. The van der Waals surface area contributed by atoms with E-state index < -0.39 is 0 Å². The van der Waals surface area contributed by atoms with Crippen molar-refractivity contribution in [3.63, 3.8) is 0 Å².